The molecule has 1 aromatic carbocycles. The minimum absolute atomic E-state index is 0.0632. The number of fused-ring (bicyclic) bond motifs is 1. The highest BCUT2D eigenvalue weighted by atomic mass is 32.2. The summed E-state index contributed by atoms with van der Waals surface area (Å²) in [4.78, 5) is 15.4. The summed E-state index contributed by atoms with van der Waals surface area (Å²) in [6.07, 6.45) is 4.08. The molecule has 0 N–H and O–H groups in total. The molecule has 1 saturated heterocycles. The number of hydrogen-bond donors (Lipinski definition) is 0. The van der Waals surface area contributed by atoms with Crippen molar-refractivity contribution in [2.24, 2.45) is 0 Å². The molecule has 2 aliphatic heterocycles. The fraction of sp³-hybridized carbons (Fsp3) is 0.450. The molecular weight excluding hydrogens is 380 g/mol. The number of rotatable bonds is 4. The normalized spacial score (nSPS) is 18.3. The number of amides is 1. The Morgan fingerprint density at radius 1 is 0.963 bits per heavy atom. The van der Waals surface area contributed by atoms with Crippen LogP contribution in [0.25, 0.3) is 0 Å². The first-order chi connectivity index (χ1) is 13.0. The Morgan fingerprint density at radius 2 is 1.70 bits per heavy atom. The zero-order valence-electron chi connectivity index (χ0n) is 15.3. The standard InChI is InChI=1S/C20H24N2O3S2/c23-19(21-13-10-16-6-2-3-7-17(16)15-21)14-18-8-9-20(26-18)27(24,25)22-11-4-1-5-12-22/h2-3,6-9H,1,4-5,10-15H2. The molecule has 1 amide bonds. The molecule has 0 atom stereocenters. The second-order valence-electron chi connectivity index (χ2n) is 7.20. The number of benzene rings is 1. The molecule has 0 saturated carbocycles. The van der Waals surface area contributed by atoms with Gasteiger partial charge in [-0.05, 0) is 42.5 Å². The molecule has 0 aliphatic carbocycles. The quantitative estimate of drug-likeness (QED) is 0.787. The maximum atomic E-state index is 12.8. The van der Waals surface area contributed by atoms with E-state index in [2.05, 4.69) is 12.1 Å². The van der Waals surface area contributed by atoms with Crippen molar-refractivity contribution in [1.82, 2.24) is 9.21 Å². The SMILES string of the molecule is O=C(Cc1ccc(S(=O)(=O)N2CCCCC2)s1)N1CCc2ccccc2C1. The molecule has 0 spiro atoms. The number of carbonyl (C=O) groups excluding carboxylic acids is 1. The van der Waals surface area contributed by atoms with Crippen LogP contribution in [-0.4, -0.2) is 43.2 Å². The van der Waals surface area contributed by atoms with Gasteiger partial charge in [0.2, 0.25) is 5.91 Å². The highest BCUT2D eigenvalue weighted by molar-refractivity contribution is 7.91. The number of thiophene rings is 1. The molecule has 0 unspecified atom stereocenters. The van der Waals surface area contributed by atoms with Crippen molar-refractivity contribution in [2.45, 2.75) is 42.9 Å². The van der Waals surface area contributed by atoms with Crippen LogP contribution in [0.2, 0.25) is 0 Å². The van der Waals surface area contributed by atoms with Crippen molar-refractivity contribution in [3.63, 3.8) is 0 Å². The van der Waals surface area contributed by atoms with Gasteiger partial charge >= 0.3 is 0 Å². The largest absolute Gasteiger partial charge is 0.338 e. The second kappa shape index (κ2) is 7.73. The molecule has 27 heavy (non-hydrogen) atoms. The molecular formula is C20H24N2O3S2. The Kier molecular flexibility index (Phi) is 5.34. The van der Waals surface area contributed by atoms with Gasteiger partial charge in [-0.3, -0.25) is 4.79 Å². The zero-order chi connectivity index (χ0) is 18.9. The lowest BCUT2D eigenvalue weighted by Gasteiger charge is -2.28. The van der Waals surface area contributed by atoms with E-state index >= 15 is 0 Å². The summed E-state index contributed by atoms with van der Waals surface area (Å²) in [6, 6.07) is 11.7. The molecule has 0 radical (unpaired) electrons. The molecule has 4 rings (SSSR count). The van der Waals surface area contributed by atoms with Crippen LogP contribution in [0.1, 0.15) is 35.3 Å². The van der Waals surface area contributed by atoms with Gasteiger partial charge in [0.15, 0.2) is 0 Å². The third-order valence-corrected chi connectivity index (χ3v) is 8.81. The van der Waals surface area contributed by atoms with Gasteiger partial charge in [-0.15, -0.1) is 11.3 Å². The van der Waals surface area contributed by atoms with Crippen LogP contribution in [0.5, 0.6) is 0 Å². The third kappa shape index (κ3) is 3.95. The van der Waals surface area contributed by atoms with Gasteiger partial charge < -0.3 is 4.90 Å². The number of sulfonamides is 1. The van der Waals surface area contributed by atoms with Gasteiger partial charge in [0, 0.05) is 31.1 Å². The van der Waals surface area contributed by atoms with Gasteiger partial charge in [-0.25, -0.2) is 8.42 Å². The lowest BCUT2D eigenvalue weighted by molar-refractivity contribution is -0.131. The lowest BCUT2D eigenvalue weighted by atomic mass is 10.00. The molecule has 3 heterocycles. The lowest BCUT2D eigenvalue weighted by Crippen LogP contribution is -2.36. The zero-order valence-corrected chi connectivity index (χ0v) is 16.9. The van der Waals surface area contributed by atoms with Crippen molar-refractivity contribution >= 4 is 27.3 Å². The van der Waals surface area contributed by atoms with Gasteiger partial charge in [0.1, 0.15) is 4.21 Å². The first kappa shape index (κ1) is 18.7. The molecule has 144 valence electrons. The molecule has 2 aromatic rings. The molecule has 1 fully saturated rings. The van der Waals surface area contributed by atoms with Crippen LogP contribution >= 0.6 is 11.3 Å². The topological polar surface area (TPSA) is 57.7 Å². The van der Waals surface area contributed by atoms with Crippen LogP contribution in [0.15, 0.2) is 40.6 Å². The van der Waals surface area contributed by atoms with Gasteiger partial charge in [0.25, 0.3) is 10.0 Å². The summed E-state index contributed by atoms with van der Waals surface area (Å²) >= 11 is 1.23. The van der Waals surface area contributed by atoms with Crippen molar-refractivity contribution in [3.05, 3.63) is 52.4 Å². The van der Waals surface area contributed by atoms with Crippen LogP contribution < -0.4 is 0 Å². The van der Waals surface area contributed by atoms with E-state index in [0.717, 1.165) is 37.1 Å². The monoisotopic (exact) mass is 404 g/mol. The van der Waals surface area contributed by atoms with Crippen molar-refractivity contribution in [3.8, 4) is 0 Å². The van der Waals surface area contributed by atoms with E-state index in [-0.39, 0.29) is 12.3 Å². The van der Waals surface area contributed by atoms with Crippen molar-refractivity contribution in [1.29, 1.82) is 0 Å². The van der Waals surface area contributed by atoms with E-state index in [0.29, 0.717) is 23.8 Å². The maximum Gasteiger partial charge on any atom is 0.252 e. The first-order valence-electron chi connectivity index (χ1n) is 9.47. The average Bonchev–Trinajstić information content (AvgIpc) is 3.17. The van der Waals surface area contributed by atoms with E-state index in [1.54, 1.807) is 16.4 Å². The number of nitrogens with zero attached hydrogens (tertiary/aromatic N) is 2. The van der Waals surface area contributed by atoms with Crippen molar-refractivity contribution < 1.29 is 13.2 Å². The molecule has 7 heteroatoms. The summed E-state index contributed by atoms with van der Waals surface area (Å²) in [7, 11) is -3.41. The Morgan fingerprint density at radius 3 is 2.48 bits per heavy atom. The highest BCUT2D eigenvalue weighted by Gasteiger charge is 2.28. The minimum atomic E-state index is -3.41. The van der Waals surface area contributed by atoms with Crippen LogP contribution in [-0.2, 0) is 34.2 Å². The Bertz CT molecular complexity index is 930. The van der Waals surface area contributed by atoms with E-state index in [4.69, 9.17) is 0 Å². The van der Waals surface area contributed by atoms with E-state index < -0.39 is 10.0 Å². The van der Waals surface area contributed by atoms with E-state index in [1.165, 1.54) is 22.5 Å². The highest BCUT2D eigenvalue weighted by Crippen LogP contribution is 2.28. The predicted molar refractivity (Wildman–Crippen MR) is 106 cm³/mol. The maximum absolute atomic E-state index is 12.8. The number of carbonyl (C=O) groups is 1. The Balaban J connectivity index is 1.43. The fourth-order valence-electron chi connectivity index (χ4n) is 3.79. The summed E-state index contributed by atoms with van der Waals surface area (Å²) in [6.45, 7) is 2.56. The van der Waals surface area contributed by atoms with Crippen molar-refractivity contribution in [2.75, 3.05) is 19.6 Å². The van der Waals surface area contributed by atoms with Crippen LogP contribution in [0.4, 0.5) is 0 Å². The van der Waals surface area contributed by atoms with Gasteiger partial charge in [-0.2, -0.15) is 4.31 Å². The summed E-state index contributed by atoms with van der Waals surface area (Å²) < 4.78 is 27.5. The van der Waals surface area contributed by atoms with E-state index in [1.807, 2.05) is 17.0 Å². The van der Waals surface area contributed by atoms with Gasteiger partial charge in [0.05, 0.1) is 6.42 Å². The number of piperidine rings is 1. The Hall–Kier alpha value is -1.70. The summed E-state index contributed by atoms with van der Waals surface area (Å²) in [5.74, 6) is 0.0632. The molecule has 1 aromatic heterocycles. The van der Waals surface area contributed by atoms with Crippen LogP contribution in [0.3, 0.4) is 0 Å². The summed E-state index contributed by atoms with van der Waals surface area (Å²) in [5, 5.41) is 0. The molecule has 0 bridgehead atoms. The second-order valence-corrected chi connectivity index (χ2v) is 10.5. The first-order valence-corrected chi connectivity index (χ1v) is 11.7. The average molecular weight is 405 g/mol. The molecule has 5 nitrogen and oxygen atoms in total. The van der Waals surface area contributed by atoms with Gasteiger partial charge in [-0.1, -0.05) is 30.7 Å². The van der Waals surface area contributed by atoms with E-state index in [9.17, 15) is 13.2 Å². The third-order valence-electron chi connectivity index (χ3n) is 5.35. The number of hydrogen-bond acceptors (Lipinski definition) is 4. The fourth-order valence-corrected chi connectivity index (χ4v) is 6.81. The Labute approximate surface area is 164 Å². The van der Waals surface area contributed by atoms with Crippen LogP contribution in [0, 0.1) is 0 Å². The minimum Gasteiger partial charge on any atom is -0.338 e. The summed E-state index contributed by atoms with van der Waals surface area (Å²) in [5.41, 5.74) is 2.52. The predicted octanol–water partition coefficient (Wildman–Crippen LogP) is 3.05. The molecule has 2 aliphatic rings. The smallest absolute Gasteiger partial charge is 0.252 e.